The molecule has 2 rings (SSSR count). The maximum absolute atomic E-state index is 12.2. The van der Waals surface area contributed by atoms with Gasteiger partial charge in [-0.2, -0.15) is 0 Å². The van der Waals surface area contributed by atoms with Gasteiger partial charge >= 0.3 is 0 Å². The minimum absolute atomic E-state index is 0.128. The third-order valence-electron chi connectivity index (χ3n) is 2.53. The van der Waals surface area contributed by atoms with Gasteiger partial charge in [0.05, 0.1) is 9.47 Å². The van der Waals surface area contributed by atoms with Gasteiger partial charge in [-0.3, -0.25) is 9.52 Å². The predicted octanol–water partition coefficient (Wildman–Crippen LogP) is 3.66. The monoisotopic (exact) mass is 388 g/mol. The van der Waals surface area contributed by atoms with Crippen LogP contribution in [0.25, 0.3) is 0 Å². The Morgan fingerprint density at radius 1 is 1.24 bits per heavy atom. The number of hydrogen-bond donors (Lipinski definition) is 2. The number of carbonyl (C=O) groups excluding carboxylic acids is 1. The molecule has 1 aromatic carbocycles. The molecule has 1 aromatic heterocycles. The van der Waals surface area contributed by atoms with Crippen molar-refractivity contribution in [3.05, 3.63) is 40.2 Å². The fourth-order valence-electron chi connectivity index (χ4n) is 1.56. The van der Waals surface area contributed by atoms with Crippen molar-refractivity contribution in [1.82, 2.24) is 0 Å². The fraction of sp³-hybridized carbons (Fsp3) is 0.154. The maximum atomic E-state index is 12.2. The Labute approximate surface area is 135 Å². The van der Waals surface area contributed by atoms with Crippen LogP contribution in [0.2, 0.25) is 0 Å². The molecule has 2 N–H and O–H groups in total. The Bertz CT molecular complexity index is 756. The summed E-state index contributed by atoms with van der Waals surface area (Å²) >= 11 is 4.36. The minimum Gasteiger partial charge on any atom is -0.326 e. The van der Waals surface area contributed by atoms with E-state index in [1.165, 1.54) is 6.07 Å². The number of hydrogen-bond acceptors (Lipinski definition) is 4. The van der Waals surface area contributed by atoms with Gasteiger partial charge in [-0.25, -0.2) is 8.42 Å². The van der Waals surface area contributed by atoms with Crippen LogP contribution in [0.5, 0.6) is 0 Å². The van der Waals surface area contributed by atoms with Crippen LogP contribution >= 0.6 is 27.3 Å². The van der Waals surface area contributed by atoms with E-state index in [2.05, 4.69) is 26.0 Å². The number of carbonyl (C=O) groups is 1. The highest BCUT2D eigenvalue weighted by molar-refractivity contribution is 9.11. The molecule has 0 atom stereocenters. The molecule has 0 aliphatic carbocycles. The summed E-state index contributed by atoms with van der Waals surface area (Å²) in [4.78, 5) is 11.3. The first-order valence-electron chi connectivity index (χ1n) is 6.09. The van der Waals surface area contributed by atoms with E-state index in [4.69, 9.17) is 0 Å². The van der Waals surface area contributed by atoms with Crippen LogP contribution in [0, 0.1) is 0 Å². The van der Waals surface area contributed by atoms with E-state index < -0.39 is 10.0 Å². The summed E-state index contributed by atoms with van der Waals surface area (Å²) < 4.78 is 27.8. The van der Waals surface area contributed by atoms with Crippen molar-refractivity contribution in [3.8, 4) is 0 Å². The van der Waals surface area contributed by atoms with Crippen LogP contribution in [-0.2, 0) is 14.8 Å². The lowest BCUT2D eigenvalue weighted by Crippen LogP contribution is -2.13. The second-order valence-corrected chi connectivity index (χ2v) is 8.52. The smallest absolute Gasteiger partial charge is 0.271 e. The molecule has 21 heavy (non-hydrogen) atoms. The normalized spacial score (nSPS) is 11.1. The van der Waals surface area contributed by atoms with Crippen LogP contribution in [0.1, 0.15) is 13.3 Å². The number of anilines is 2. The van der Waals surface area contributed by atoms with Gasteiger partial charge in [-0.05, 0) is 46.3 Å². The molecular weight excluding hydrogens is 376 g/mol. The number of sulfonamides is 1. The lowest BCUT2D eigenvalue weighted by molar-refractivity contribution is -0.115. The molecule has 0 aliphatic heterocycles. The topological polar surface area (TPSA) is 75.3 Å². The van der Waals surface area contributed by atoms with Crippen molar-refractivity contribution in [3.63, 3.8) is 0 Å². The van der Waals surface area contributed by atoms with E-state index in [9.17, 15) is 13.2 Å². The van der Waals surface area contributed by atoms with Crippen molar-refractivity contribution in [2.45, 2.75) is 17.6 Å². The summed E-state index contributed by atoms with van der Waals surface area (Å²) in [5.41, 5.74) is 0.947. The van der Waals surface area contributed by atoms with Crippen molar-refractivity contribution in [2.75, 3.05) is 10.0 Å². The summed E-state index contributed by atoms with van der Waals surface area (Å²) in [5.74, 6) is -0.128. The molecule has 1 amide bonds. The number of amides is 1. The molecule has 1 heterocycles. The highest BCUT2D eigenvalue weighted by Gasteiger charge is 2.16. The summed E-state index contributed by atoms with van der Waals surface area (Å²) in [5, 5.41) is 2.68. The molecule has 5 nitrogen and oxygen atoms in total. The van der Waals surface area contributed by atoms with Crippen molar-refractivity contribution in [1.29, 1.82) is 0 Å². The van der Waals surface area contributed by atoms with Gasteiger partial charge in [0.1, 0.15) is 4.21 Å². The number of halogens is 1. The molecule has 0 unspecified atom stereocenters. The molecule has 0 bridgehead atoms. The van der Waals surface area contributed by atoms with Crippen molar-refractivity contribution < 1.29 is 13.2 Å². The zero-order valence-corrected chi connectivity index (χ0v) is 14.3. The Hall–Kier alpha value is -1.38. The number of thiophene rings is 1. The Balaban J connectivity index is 2.19. The van der Waals surface area contributed by atoms with E-state index in [-0.39, 0.29) is 10.1 Å². The van der Waals surface area contributed by atoms with E-state index in [0.29, 0.717) is 17.8 Å². The van der Waals surface area contributed by atoms with Crippen LogP contribution in [0.3, 0.4) is 0 Å². The van der Waals surface area contributed by atoms with E-state index in [0.717, 1.165) is 15.1 Å². The van der Waals surface area contributed by atoms with Crippen molar-refractivity contribution >= 4 is 54.6 Å². The zero-order valence-electron chi connectivity index (χ0n) is 11.1. The van der Waals surface area contributed by atoms with Gasteiger partial charge in [0, 0.05) is 12.1 Å². The molecule has 0 radical (unpaired) electrons. The largest absolute Gasteiger partial charge is 0.326 e. The van der Waals surface area contributed by atoms with Crippen LogP contribution in [0.4, 0.5) is 11.4 Å². The predicted molar refractivity (Wildman–Crippen MR) is 88.2 cm³/mol. The third-order valence-corrected chi connectivity index (χ3v) is 6.03. The summed E-state index contributed by atoms with van der Waals surface area (Å²) in [6.45, 7) is 1.75. The van der Waals surface area contributed by atoms with Crippen LogP contribution < -0.4 is 10.0 Å². The summed E-state index contributed by atoms with van der Waals surface area (Å²) in [6.07, 6.45) is 0.360. The zero-order chi connectivity index (χ0) is 15.5. The first kappa shape index (κ1) is 16.0. The lowest BCUT2D eigenvalue weighted by Gasteiger charge is -2.09. The van der Waals surface area contributed by atoms with Gasteiger partial charge < -0.3 is 5.32 Å². The first-order chi connectivity index (χ1) is 9.90. The van der Waals surface area contributed by atoms with E-state index >= 15 is 0 Å². The Morgan fingerprint density at radius 3 is 2.57 bits per heavy atom. The third kappa shape index (κ3) is 4.29. The highest BCUT2D eigenvalue weighted by Crippen LogP contribution is 2.28. The van der Waals surface area contributed by atoms with E-state index in [1.807, 2.05) is 0 Å². The molecule has 2 aromatic rings. The van der Waals surface area contributed by atoms with Crippen molar-refractivity contribution in [2.24, 2.45) is 0 Å². The number of nitrogens with one attached hydrogen (secondary N) is 2. The van der Waals surface area contributed by atoms with Gasteiger partial charge in [0.25, 0.3) is 10.0 Å². The molecule has 112 valence electrons. The van der Waals surface area contributed by atoms with Gasteiger partial charge in [0.15, 0.2) is 0 Å². The molecule has 8 heteroatoms. The molecule has 0 fully saturated rings. The van der Waals surface area contributed by atoms with Crippen LogP contribution in [-0.4, -0.2) is 14.3 Å². The Kier molecular flexibility index (Phi) is 5.02. The Morgan fingerprint density at radius 2 is 1.95 bits per heavy atom. The van der Waals surface area contributed by atoms with Gasteiger partial charge in [-0.15, -0.1) is 11.3 Å². The molecule has 0 saturated heterocycles. The fourth-order valence-corrected chi connectivity index (χ4v) is 4.62. The standard InChI is InChI=1S/C13H13BrN2O3S2/c1-2-12(17)15-9-4-3-5-10(8-9)16-21(18,19)13-7-6-11(14)20-13/h3-8,16H,2H2,1H3,(H,15,17). The maximum Gasteiger partial charge on any atom is 0.271 e. The average molecular weight is 389 g/mol. The SMILES string of the molecule is CCC(=O)Nc1cccc(NS(=O)(=O)c2ccc(Br)s2)c1. The van der Waals surface area contributed by atoms with E-state index in [1.54, 1.807) is 37.3 Å². The molecule has 0 aliphatic rings. The lowest BCUT2D eigenvalue weighted by atomic mass is 10.3. The molecular formula is C13H13BrN2O3S2. The van der Waals surface area contributed by atoms with Gasteiger partial charge in [-0.1, -0.05) is 13.0 Å². The van der Waals surface area contributed by atoms with Gasteiger partial charge in [0.2, 0.25) is 5.91 Å². The highest BCUT2D eigenvalue weighted by atomic mass is 79.9. The summed E-state index contributed by atoms with van der Waals surface area (Å²) in [6, 6.07) is 9.78. The average Bonchev–Trinajstić information content (AvgIpc) is 2.86. The summed E-state index contributed by atoms with van der Waals surface area (Å²) in [7, 11) is -3.62. The van der Waals surface area contributed by atoms with Crippen LogP contribution in [0.15, 0.2) is 44.4 Å². The second-order valence-electron chi connectivity index (χ2n) is 4.15. The minimum atomic E-state index is -3.62. The molecule has 0 saturated carbocycles. The number of benzene rings is 1. The first-order valence-corrected chi connectivity index (χ1v) is 9.18. The molecule has 0 spiro atoms. The second kappa shape index (κ2) is 6.59. The quantitative estimate of drug-likeness (QED) is 0.820. The number of rotatable bonds is 5.